The normalized spacial score (nSPS) is 20.3. The highest BCUT2D eigenvalue weighted by Gasteiger charge is 2.37. The van der Waals surface area contributed by atoms with Crippen LogP contribution >= 0.6 is 0 Å². The summed E-state index contributed by atoms with van der Waals surface area (Å²) < 4.78 is 0. The number of hydrogen-bond acceptors (Lipinski definition) is 4. The molecular weight excluding hydrogens is 364 g/mol. The molecule has 2 amide bonds. The second kappa shape index (κ2) is 8.74. The number of aromatic nitrogens is 1. The molecule has 0 aliphatic carbocycles. The molecule has 6 nitrogen and oxygen atoms in total. The van der Waals surface area contributed by atoms with Crippen molar-refractivity contribution in [2.45, 2.75) is 32.4 Å². The highest BCUT2D eigenvalue weighted by Crippen LogP contribution is 2.21. The van der Waals surface area contributed by atoms with Crippen LogP contribution in [0.1, 0.15) is 23.1 Å². The van der Waals surface area contributed by atoms with E-state index >= 15 is 0 Å². The maximum atomic E-state index is 12.9. The zero-order valence-corrected chi connectivity index (χ0v) is 17.0. The van der Waals surface area contributed by atoms with Gasteiger partial charge in [-0.2, -0.15) is 0 Å². The SMILES string of the molecule is Cc1ccc(CC(=O)N2CCN(C3CCN(Cc4cccnc4)C3=O)CC2)cc1. The van der Waals surface area contributed by atoms with Crippen LogP contribution in [-0.2, 0) is 22.6 Å². The molecule has 0 radical (unpaired) electrons. The second-order valence-corrected chi connectivity index (χ2v) is 8.00. The number of nitrogens with zero attached hydrogens (tertiary/aromatic N) is 4. The van der Waals surface area contributed by atoms with Gasteiger partial charge in [-0.15, -0.1) is 0 Å². The highest BCUT2D eigenvalue weighted by atomic mass is 16.2. The van der Waals surface area contributed by atoms with E-state index in [2.05, 4.69) is 9.88 Å². The molecule has 2 fully saturated rings. The Balaban J connectivity index is 1.27. The fraction of sp³-hybridized carbons (Fsp3) is 0.435. The van der Waals surface area contributed by atoms with Crippen LogP contribution in [0.2, 0.25) is 0 Å². The number of amides is 2. The first-order valence-corrected chi connectivity index (χ1v) is 10.4. The van der Waals surface area contributed by atoms with E-state index in [0.717, 1.165) is 37.2 Å². The molecule has 1 aromatic carbocycles. The van der Waals surface area contributed by atoms with Crippen LogP contribution in [0.4, 0.5) is 0 Å². The Morgan fingerprint density at radius 1 is 1.03 bits per heavy atom. The molecule has 4 rings (SSSR count). The number of pyridine rings is 1. The minimum Gasteiger partial charge on any atom is -0.340 e. The van der Waals surface area contributed by atoms with Gasteiger partial charge in [0.05, 0.1) is 12.5 Å². The van der Waals surface area contributed by atoms with Crippen molar-refractivity contribution >= 4 is 11.8 Å². The van der Waals surface area contributed by atoms with Crippen LogP contribution in [0, 0.1) is 6.92 Å². The molecule has 29 heavy (non-hydrogen) atoms. The summed E-state index contributed by atoms with van der Waals surface area (Å²) in [6, 6.07) is 12.0. The average molecular weight is 393 g/mol. The quantitative estimate of drug-likeness (QED) is 0.780. The van der Waals surface area contributed by atoms with Gasteiger partial charge in [-0.05, 0) is 30.5 Å². The van der Waals surface area contributed by atoms with E-state index in [1.165, 1.54) is 5.56 Å². The van der Waals surface area contributed by atoms with Crippen molar-refractivity contribution in [2.75, 3.05) is 32.7 Å². The molecule has 1 unspecified atom stereocenters. The third-order valence-corrected chi connectivity index (χ3v) is 5.95. The van der Waals surface area contributed by atoms with Crippen molar-refractivity contribution in [1.29, 1.82) is 0 Å². The van der Waals surface area contributed by atoms with E-state index in [1.807, 2.05) is 59.3 Å². The van der Waals surface area contributed by atoms with Gasteiger partial charge in [-0.3, -0.25) is 19.5 Å². The Bertz CT molecular complexity index is 845. The summed E-state index contributed by atoms with van der Waals surface area (Å²) in [5.74, 6) is 0.373. The lowest BCUT2D eigenvalue weighted by Gasteiger charge is -2.37. The summed E-state index contributed by atoms with van der Waals surface area (Å²) in [6.07, 6.45) is 4.87. The Morgan fingerprint density at radius 2 is 1.79 bits per heavy atom. The zero-order valence-electron chi connectivity index (χ0n) is 17.0. The maximum absolute atomic E-state index is 12.9. The number of carbonyl (C=O) groups is 2. The van der Waals surface area contributed by atoms with Crippen molar-refractivity contribution in [3.05, 3.63) is 65.5 Å². The molecule has 2 aliphatic rings. The van der Waals surface area contributed by atoms with Crippen LogP contribution in [-0.4, -0.2) is 70.3 Å². The largest absolute Gasteiger partial charge is 0.340 e. The van der Waals surface area contributed by atoms with E-state index in [4.69, 9.17) is 0 Å². The molecule has 3 heterocycles. The van der Waals surface area contributed by atoms with Gasteiger partial charge in [0.2, 0.25) is 11.8 Å². The Hall–Kier alpha value is -2.73. The molecule has 2 saturated heterocycles. The van der Waals surface area contributed by atoms with E-state index in [9.17, 15) is 9.59 Å². The molecule has 1 aromatic heterocycles. The van der Waals surface area contributed by atoms with Crippen molar-refractivity contribution in [2.24, 2.45) is 0 Å². The fourth-order valence-corrected chi connectivity index (χ4v) is 4.21. The first kappa shape index (κ1) is 19.6. The molecule has 0 saturated carbocycles. The molecule has 2 aliphatic heterocycles. The standard InChI is InChI=1S/C23H28N4O2/c1-18-4-6-19(7-5-18)15-22(28)26-13-11-25(12-14-26)21-8-10-27(23(21)29)17-20-3-2-9-24-16-20/h2-7,9,16,21H,8,10-15,17H2,1H3. The minimum absolute atomic E-state index is 0.0546. The summed E-state index contributed by atoms with van der Waals surface area (Å²) in [4.78, 5) is 35.7. The van der Waals surface area contributed by atoms with Gasteiger partial charge in [0.25, 0.3) is 0 Å². The molecule has 0 N–H and O–H groups in total. The van der Waals surface area contributed by atoms with Crippen LogP contribution in [0.15, 0.2) is 48.8 Å². The van der Waals surface area contributed by atoms with E-state index in [-0.39, 0.29) is 17.9 Å². The maximum Gasteiger partial charge on any atom is 0.240 e. The van der Waals surface area contributed by atoms with Crippen LogP contribution in [0.5, 0.6) is 0 Å². The summed E-state index contributed by atoms with van der Waals surface area (Å²) in [5, 5.41) is 0. The number of piperazine rings is 1. The third kappa shape index (κ3) is 4.65. The van der Waals surface area contributed by atoms with Crippen molar-refractivity contribution < 1.29 is 9.59 Å². The van der Waals surface area contributed by atoms with Crippen molar-refractivity contribution in [1.82, 2.24) is 19.7 Å². The Kier molecular flexibility index (Phi) is 5.90. The van der Waals surface area contributed by atoms with E-state index in [0.29, 0.717) is 26.1 Å². The minimum atomic E-state index is -0.0546. The topological polar surface area (TPSA) is 56.8 Å². The molecule has 1 atom stereocenters. The lowest BCUT2D eigenvalue weighted by molar-refractivity contribution is -0.135. The van der Waals surface area contributed by atoms with Crippen molar-refractivity contribution in [3.63, 3.8) is 0 Å². The molecule has 6 heteroatoms. The van der Waals surface area contributed by atoms with Gasteiger partial charge >= 0.3 is 0 Å². The molecule has 152 valence electrons. The number of rotatable bonds is 5. The summed E-state index contributed by atoms with van der Waals surface area (Å²) in [6.45, 7) is 6.36. The predicted molar refractivity (Wildman–Crippen MR) is 111 cm³/mol. The highest BCUT2D eigenvalue weighted by molar-refractivity contribution is 5.84. The summed E-state index contributed by atoms with van der Waals surface area (Å²) >= 11 is 0. The monoisotopic (exact) mass is 392 g/mol. The number of likely N-dealkylation sites (tertiary alicyclic amines) is 1. The number of carbonyl (C=O) groups excluding carboxylic acids is 2. The summed E-state index contributed by atoms with van der Waals surface area (Å²) in [5.41, 5.74) is 3.32. The predicted octanol–water partition coefficient (Wildman–Crippen LogP) is 1.88. The molecule has 2 aromatic rings. The Morgan fingerprint density at radius 3 is 2.48 bits per heavy atom. The van der Waals surface area contributed by atoms with Gasteiger partial charge in [-0.1, -0.05) is 35.9 Å². The van der Waals surface area contributed by atoms with Gasteiger partial charge in [0.1, 0.15) is 0 Å². The smallest absolute Gasteiger partial charge is 0.240 e. The van der Waals surface area contributed by atoms with Gasteiger partial charge in [-0.25, -0.2) is 0 Å². The number of hydrogen-bond donors (Lipinski definition) is 0. The average Bonchev–Trinajstić information content (AvgIpc) is 3.11. The molecule has 0 spiro atoms. The number of aryl methyl sites for hydroxylation is 1. The second-order valence-electron chi connectivity index (χ2n) is 8.00. The third-order valence-electron chi connectivity index (χ3n) is 5.95. The van der Waals surface area contributed by atoms with Gasteiger partial charge < -0.3 is 9.80 Å². The van der Waals surface area contributed by atoms with Crippen LogP contribution < -0.4 is 0 Å². The van der Waals surface area contributed by atoms with E-state index in [1.54, 1.807) is 6.20 Å². The van der Waals surface area contributed by atoms with Gasteiger partial charge in [0, 0.05) is 51.7 Å². The first-order valence-electron chi connectivity index (χ1n) is 10.4. The summed E-state index contributed by atoms with van der Waals surface area (Å²) in [7, 11) is 0. The van der Waals surface area contributed by atoms with Crippen molar-refractivity contribution in [3.8, 4) is 0 Å². The van der Waals surface area contributed by atoms with Gasteiger partial charge in [0.15, 0.2) is 0 Å². The zero-order chi connectivity index (χ0) is 20.2. The van der Waals surface area contributed by atoms with Crippen LogP contribution in [0.25, 0.3) is 0 Å². The van der Waals surface area contributed by atoms with Crippen LogP contribution in [0.3, 0.4) is 0 Å². The molecule has 0 bridgehead atoms. The first-order chi connectivity index (χ1) is 14.1. The fourth-order valence-electron chi connectivity index (χ4n) is 4.21. The number of benzene rings is 1. The Labute approximate surface area is 172 Å². The van der Waals surface area contributed by atoms with E-state index < -0.39 is 0 Å². The molecular formula is C23H28N4O2. The lowest BCUT2D eigenvalue weighted by atomic mass is 10.1. The lowest BCUT2D eigenvalue weighted by Crippen LogP contribution is -2.54.